The van der Waals surface area contributed by atoms with E-state index in [0.29, 0.717) is 17.5 Å². The van der Waals surface area contributed by atoms with E-state index in [1.54, 1.807) is 0 Å². The zero-order chi connectivity index (χ0) is 69.8. The van der Waals surface area contributed by atoms with Crippen LogP contribution in [-0.2, 0) is 0 Å². The Hall–Kier alpha value is -14.3. The molecular formula is C98H62N8. The molecule has 0 saturated carbocycles. The highest BCUT2D eigenvalue weighted by atomic mass is 15.0. The van der Waals surface area contributed by atoms with E-state index in [0.717, 1.165) is 139 Å². The topological polar surface area (TPSA) is 71.3 Å². The van der Waals surface area contributed by atoms with Gasteiger partial charge < -0.3 is 18.3 Å². The quantitative estimate of drug-likeness (QED) is 0.122. The lowest BCUT2D eigenvalue weighted by molar-refractivity contribution is 1.07. The molecule has 15 aromatic carbocycles. The molecule has 21 rings (SSSR count). The van der Waals surface area contributed by atoms with Crippen molar-refractivity contribution in [2.75, 3.05) is 0 Å². The van der Waals surface area contributed by atoms with Crippen LogP contribution in [0, 0.1) is 0 Å². The van der Waals surface area contributed by atoms with Crippen molar-refractivity contribution in [3.8, 4) is 113 Å². The van der Waals surface area contributed by atoms with Crippen molar-refractivity contribution in [1.82, 2.24) is 38.2 Å². The van der Waals surface area contributed by atoms with Crippen molar-refractivity contribution < 1.29 is 0 Å². The second-order valence-corrected chi connectivity index (χ2v) is 27.2. The number of aromatic nitrogens is 8. The van der Waals surface area contributed by atoms with Gasteiger partial charge in [0.15, 0.2) is 17.5 Å². The Morgan fingerprint density at radius 2 is 0.368 bits per heavy atom. The number of nitrogens with zero attached hydrogens (tertiary/aromatic N) is 8. The molecule has 0 N–H and O–H groups in total. The standard InChI is InChI=1S/C98H62N8/c1-3-27-64(28-4-1)96-100-97(65-29-5-2-6-30-65)102-98(101-96)66-57-55-63(56-58-66)91-92(67-31-23-35-71(59-67)103-83-47-15-7-39-75(83)76-40-8-16-48-84(76)103)94(69-33-25-37-73(61-69)105-87-51-19-11-43-79(87)80-44-12-20-52-88(80)105)99-95(70-34-26-38-74(62-70)106-89-53-21-13-45-81(89)82-46-14-22-54-90(82)106)93(91)68-32-24-36-72(60-68)104-85-49-17-9-41-77(85)78-42-10-18-50-86(78)104/h1-62H. The third kappa shape index (κ3) is 9.84. The Kier molecular flexibility index (Phi) is 14.1. The maximum Gasteiger partial charge on any atom is 0.164 e. The second-order valence-electron chi connectivity index (χ2n) is 27.2. The van der Waals surface area contributed by atoms with E-state index in [2.05, 4.69) is 358 Å². The Labute approximate surface area is 610 Å². The van der Waals surface area contributed by atoms with E-state index in [1.165, 1.54) is 43.1 Å². The maximum absolute atomic E-state index is 6.41. The van der Waals surface area contributed by atoms with Crippen LogP contribution in [0.25, 0.3) is 200 Å². The van der Waals surface area contributed by atoms with Crippen LogP contribution >= 0.6 is 0 Å². The van der Waals surface area contributed by atoms with Crippen molar-refractivity contribution >= 4 is 87.2 Å². The van der Waals surface area contributed by atoms with Crippen LogP contribution < -0.4 is 0 Å². The van der Waals surface area contributed by atoms with Crippen molar-refractivity contribution in [2.24, 2.45) is 0 Å². The molecule has 21 aromatic rings. The van der Waals surface area contributed by atoms with Gasteiger partial charge in [0, 0.05) is 110 Å². The van der Waals surface area contributed by atoms with Gasteiger partial charge in [0.25, 0.3) is 0 Å². The molecule has 0 fully saturated rings. The summed E-state index contributed by atoms with van der Waals surface area (Å²) in [6.45, 7) is 0. The van der Waals surface area contributed by atoms with Gasteiger partial charge in [-0.15, -0.1) is 0 Å². The van der Waals surface area contributed by atoms with E-state index in [9.17, 15) is 0 Å². The molecule has 0 saturated heterocycles. The van der Waals surface area contributed by atoms with Crippen LogP contribution in [-0.4, -0.2) is 38.2 Å². The van der Waals surface area contributed by atoms with E-state index in [-0.39, 0.29) is 0 Å². The first-order chi connectivity index (χ1) is 52.6. The number of para-hydroxylation sites is 8. The third-order valence-electron chi connectivity index (χ3n) is 21.2. The van der Waals surface area contributed by atoms with Crippen LogP contribution in [0.2, 0.25) is 0 Å². The number of pyridine rings is 1. The Morgan fingerprint density at radius 1 is 0.151 bits per heavy atom. The van der Waals surface area contributed by atoms with Crippen LogP contribution in [0.5, 0.6) is 0 Å². The lowest BCUT2D eigenvalue weighted by Gasteiger charge is -2.25. The molecule has 6 aromatic heterocycles. The van der Waals surface area contributed by atoms with E-state index >= 15 is 0 Å². The molecule has 6 heterocycles. The fourth-order valence-electron chi connectivity index (χ4n) is 16.6. The summed E-state index contributed by atoms with van der Waals surface area (Å²) in [5, 5.41) is 9.53. The van der Waals surface area contributed by atoms with Gasteiger partial charge in [0.2, 0.25) is 0 Å². The van der Waals surface area contributed by atoms with E-state index in [1.807, 2.05) is 36.4 Å². The van der Waals surface area contributed by atoms with Gasteiger partial charge in [-0.2, -0.15) is 0 Å². The summed E-state index contributed by atoms with van der Waals surface area (Å²) in [6.07, 6.45) is 0. The van der Waals surface area contributed by atoms with Gasteiger partial charge in [-0.1, -0.05) is 279 Å². The first-order valence-corrected chi connectivity index (χ1v) is 36.0. The largest absolute Gasteiger partial charge is 0.309 e. The molecular weight excluding hydrogens is 1290 g/mol. The molecule has 0 aliphatic carbocycles. The van der Waals surface area contributed by atoms with Crippen LogP contribution in [0.4, 0.5) is 0 Å². The number of fused-ring (bicyclic) bond motifs is 12. The van der Waals surface area contributed by atoms with Gasteiger partial charge in [0.05, 0.1) is 55.5 Å². The zero-order valence-electron chi connectivity index (χ0n) is 57.4. The minimum Gasteiger partial charge on any atom is -0.309 e. The summed E-state index contributed by atoms with van der Waals surface area (Å²) in [4.78, 5) is 22.1. The van der Waals surface area contributed by atoms with Gasteiger partial charge in [-0.25, -0.2) is 19.9 Å². The summed E-state index contributed by atoms with van der Waals surface area (Å²) in [5.41, 5.74) is 25.2. The third-order valence-corrected chi connectivity index (χ3v) is 21.2. The summed E-state index contributed by atoms with van der Waals surface area (Å²) in [7, 11) is 0. The highest BCUT2D eigenvalue weighted by molar-refractivity contribution is 6.14. The molecule has 106 heavy (non-hydrogen) atoms. The number of rotatable bonds is 12. The second kappa shape index (κ2) is 24.7. The first-order valence-electron chi connectivity index (χ1n) is 36.0. The van der Waals surface area contributed by atoms with E-state index in [4.69, 9.17) is 19.9 Å². The van der Waals surface area contributed by atoms with Crippen LogP contribution in [0.3, 0.4) is 0 Å². The number of hydrogen-bond donors (Lipinski definition) is 0. The lowest BCUT2D eigenvalue weighted by atomic mass is 9.83. The van der Waals surface area contributed by atoms with Crippen molar-refractivity contribution in [3.05, 3.63) is 376 Å². The Morgan fingerprint density at radius 3 is 0.651 bits per heavy atom. The molecule has 8 nitrogen and oxygen atoms in total. The van der Waals surface area contributed by atoms with Crippen molar-refractivity contribution in [1.29, 1.82) is 0 Å². The monoisotopic (exact) mass is 1350 g/mol. The predicted octanol–water partition coefficient (Wildman–Crippen LogP) is 25.0. The predicted molar refractivity (Wildman–Crippen MR) is 438 cm³/mol. The summed E-state index contributed by atoms with van der Waals surface area (Å²) < 4.78 is 9.67. The average molecular weight is 1350 g/mol. The highest BCUT2D eigenvalue weighted by Crippen LogP contribution is 2.51. The normalized spacial score (nSPS) is 11.8. The number of hydrogen-bond acceptors (Lipinski definition) is 4. The van der Waals surface area contributed by atoms with Gasteiger partial charge in [-0.3, -0.25) is 0 Å². The SMILES string of the molecule is c1ccc(-c2nc(-c3ccccc3)nc(-c3ccc(-c4c(-c5cccc(-n6c7ccccc7c7ccccc76)c5)c(-c5cccc(-n6c7ccccc7c7ccccc76)c5)nc(-c5cccc(-n6c7ccccc7c7ccccc76)c5)c4-c4cccc(-n5c6ccccc6c6ccccc65)c4)cc3)n2)cc1. The molecule has 494 valence electrons. The Balaban J connectivity index is 0.900. The minimum absolute atomic E-state index is 0.567. The average Bonchev–Trinajstić information content (AvgIpc) is 0.957. The fraction of sp³-hybridized carbons (Fsp3) is 0. The highest BCUT2D eigenvalue weighted by Gasteiger charge is 2.29. The molecule has 0 aliphatic rings. The molecule has 0 unspecified atom stereocenters. The molecule has 0 atom stereocenters. The molecule has 0 aliphatic heterocycles. The Bertz CT molecular complexity index is 6470. The van der Waals surface area contributed by atoms with Gasteiger partial charge in [-0.05, 0) is 114 Å². The van der Waals surface area contributed by atoms with Crippen LogP contribution in [0.15, 0.2) is 376 Å². The fourth-order valence-corrected chi connectivity index (χ4v) is 16.6. The minimum atomic E-state index is 0.567. The molecule has 0 radical (unpaired) electrons. The summed E-state index contributed by atoms with van der Waals surface area (Å²) in [6, 6.07) is 136. The van der Waals surface area contributed by atoms with Gasteiger partial charge in [0.1, 0.15) is 0 Å². The summed E-state index contributed by atoms with van der Waals surface area (Å²) in [5.74, 6) is 1.76. The number of benzene rings is 15. The van der Waals surface area contributed by atoms with Gasteiger partial charge >= 0.3 is 0 Å². The zero-order valence-corrected chi connectivity index (χ0v) is 57.4. The lowest BCUT2D eigenvalue weighted by Crippen LogP contribution is -2.04. The van der Waals surface area contributed by atoms with E-state index < -0.39 is 0 Å². The molecule has 8 heteroatoms. The molecule has 0 amide bonds. The van der Waals surface area contributed by atoms with Crippen molar-refractivity contribution in [3.63, 3.8) is 0 Å². The first kappa shape index (κ1) is 60.4. The summed E-state index contributed by atoms with van der Waals surface area (Å²) >= 11 is 0. The van der Waals surface area contributed by atoms with Crippen molar-refractivity contribution in [2.45, 2.75) is 0 Å². The molecule has 0 spiro atoms. The van der Waals surface area contributed by atoms with Crippen LogP contribution in [0.1, 0.15) is 0 Å². The molecule has 0 bridgehead atoms. The maximum atomic E-state index is 6.41. The smallest absolute Gasteiger partial charge is 0.164 e.